The molecule has 0 amide bonds. The lowest BCUT2D eigenvalue weighted by atomic mass is 9.91. The highest BCUT2D eigenvalue weighted by atomic mass is 32.2. The minimum atomic E-state index is -3.34. The summed E-state index contributed by atoms with van der Waals surface area (Å²) < 4.78 is 31.5. The maximum absolute atomic E-state index is 12.6. The lowest BCUT2D eigenvalue weighted by Crippen LogP contribution is -2.27. The van der Waals surface area contributed by atoms with Crippen LogP contribution in [-0.2, 0) is 16.4 Å². The number of sulfone groups is 1. The second-order valence-corrected chi connectivity index (χ2v) is 10.5. The highest BCUT2D eigenvalue weighted by molar-refractivity contribution is 7.91. The van der Waals surface area contributed by atoms with Crippen LogP contribution in [-0.4, -0.2) is 43.4 Å². The zero-order valence-corrected chi connectivity index (χ0v) is 18.4. The Labute approximate surface area is 178 Å². The Morgan fingerprint density at radius 1 is 1.07 bits per heavy atom. The Hall–Kier alpha value is -2.31. The van der Waals surface area contributed by atoms with Gasteiger partial charge in [0, 0.05) is 30.9 Å². The molecule has 0 aromatic heterocycles. The molecule has 4 rings (SSSR count). The molecule has 0 radical (unpaired) electrons. The van der Waals surface area contributed by atoms with Crippen molar-refractivity contribution in [3.8, 4) is 5.75 Å². The van der Waals surface area contributed by atoms with E-state index in [1.165, 1.54) is 5.56 Å². The van der Waals surface area contributed by atoms with Crippen molar-refractivity contribution < 1.29 is 18.3 Å². The van der Waals surface area contributed by atoms with Crippen molar-refractivity contribution in [2.24, 2.45) is 0 Å². The van der Waals surface area contributed by atoms with Gasteiger partial charge in [0.15, 0.2) is 9.84 Å². The summed E-state index contributed by atoms with van der Waals surface area (Å²) in [4.78, 5) is 2.43. The van der Waals surface area contributed by atoms with Crippen molar-refractivity contribution in [1.82, 2.24) is 4.90 Å². The van der Waals surface area contributed by atoms with Gasteiger partial charge in [0.25, 0.3) is 0 Å². The first kappa shape index (κ1) is 20.9. The molecular weight excluding hydrogens is 398 g/mol. The fourth-order valence-corrected chi connectivity index (χ4v) is 5.17. The molecule has 5 nitrogen and oxygen atoms in total. The van der Waals surface area contributed by atoms with Crippen LogP contribution in [0.2, 0.25) is 0 Å². The first-order valence-electron chi connectivity index (χ1n) is 10.6. The summed E-state index contributed by atoms with van der Waals surface area (Å²) in [7, 11) is -1.32. The molecule has 160 valence electrons. The van der Waals surface area contributed by atoms with Gasteiger partial charge >= 0.3 is 0 Å². The fourth-order valence-electron chi connectivity index (χ4n) is 4.26. The quantitative estimate of drug-likeness (QED) is 0.781. The first-order chi connectivity index (χ1) is 14.4. The number of fused-ring (bicyclic) bond motifs is 1. The Morgan fingerprint density at radius 2 is 1.80 bits per heavy atom. The second-order valence-electron chi connectivity index (χ2n) is 8.22. The highest BCUT2D eigenvalue weighted by Crippen LogP contribution is 2.38. The van der Waals surface area contributed by atoms with Gasteiger partial charge in [-0.1, -0.05) is 31.2 Å². The van der Waals surface area contributed by atoms with E-state index in [9.17, 15) is 13.5 Å². The van der Waals surface area contributed by atoms with E-state index in [-0.39, 0.29) is 18.0 Å². The molecule has 1 aliphatic heterocycles. The third-order valence-corrected chi connectivity index (χ3v) is 7.73. The molecule has 1 fully saturated rings. The van der Waals surface area contributed by atoms with E-state index >= 15 is 0 Å². The SMILES string of the molecule is CCS(=O)(=O)c1ccc(OC2CCC(O)CC2)c(C2=CN(C)Cc3ccccc32)c1. The zero-order valence-electron chi connectivity index (χ0n) is 17.5. The number of benzene rings is 2. The van der Waals surface area contributed by atoms with Crippen LogP contribution in [0.4, 0.5) is 0 Å². The standard InChI is InChI=1S/C24H29NO4S/c1-3-30(27,28)20-12-13-24(29-19-10-8-18(26)9-11-19)22(14-20)23-16-25(2)15-17-6-4-5-7-21(17)23/h4-7,12-14,16,18-19,26H,3,8-11,15H2,1-2H3. The molecule has 30 heavy (non-hydrogen) atoms. The summed E-state index contributed by atoms with van der Waals surface area (Å²) in [6, 6.07) is 13.4. The van der Waals surface area contributed by atoms with E-state index in [2.05, 4.69) is 23.2 Å². The second kappa shape index (κ2) is 8.44. The van der Waals surface area contributed by atoms with Crippen molar-refractivity contribution in [3.63, 3.8) is 0 Å². The van der Waals surface area contributed by atoms with Crippen molar-refractivity contribution in [2.45, 2.75) is 56.3 Å². The van der Waals surface area contributed by atoms with Crippen molar-refractivity contribution >= 4 is 15.4 Å². The molecule has 1 aliphatic carbocycles. The molecule has 0 spiro atoms. The minimum Gasteiger partial charge on any atom is -0.490 e. The van der Waals surface area contributed by atoms with Gasteiger partial charge in [-0.05, 0) is 55.0 Å². The van der Waals surface area contributed by atoms with E-state index in [4.69, 9.17) is 4.74 Å². The van der Waals surface area contributed by atoms with Gasteiger partial charge in [0.05, 0.1) is 22.9 Å². The monoisotopic (exact) mass is 427 g/mol. The maximum atomic E-state index is 12.6. The van der Waals surface area contributed by atoms with Crippen molar-refractivity contribution in [2.75, 3.05) is 12.8 Å². The minimum absolute atomic E-state index is 0.0259. The molecule has 1 N–H and O–H groups in total. The van der Waals surface area contributed by atoms with E-state index in [0.29, 0.717) is 10.6 Å². The van der Waals surface area contributed by atoms with Gasteiger partial charge in [-0.2, -0.15) is 0 Å². The van der Waals surface area contributed by atoms with Gasteiger partial charge in [-0.3, -0.25) is 0 Å². The number of rotatable bonds is 5. The van der Waals surface area contributed by atoms with Crippen LogP contribution in [0, 0.1) is 0 Å². The van der Waals surface area contributed by atoms with Crippen LogP contribution in [0.1, 0.15) is 49.3 Å². The molecule has 0 unspecified atom stereocenters. The molecule has 2 aromatic carbocycles. The summed E-state index contributed by atoms with van der Waals surface area (Å²) in [6.07, 6.45) is 4.90. The molecule has 0 atom stereocenters. The van der Waals surface area contributed by atoms with Gasteiger partial charge in [-0.15, -0.1) is 0 Å². The first-order valence-corrected chi connectivity index (χ1v) is 12.2. The van der Waals surface area contributed by atoms with Gasteiger partial charge in [0.2, 0.25) is 0 Å². The number of hydrogen-bond acceptors (Lipinski definition) is 5. The third kappa shape index (κ3) is 4.25. The van der Waals surface area contributed by atoms with Crippen molar-refractivity contribution in [3.05, 3.63) is 65.4 Å². The number of nitrogens with zero attached hydrogens (tertiary/aromatic N) is 1. The van der Waals surface area contributed by atoms with Crippen LogP contribution in [0.15, 0.2) is 53.6 Å². The summed E-state index contributed by atoms with van der Waals surface area (Å²) in [5, 5.41) is 9.81. The lowest BCUT2D eigenvalue weighted by molar-refractivity contribution is 0.0664. The number of ether oxygens (including phenoxy) is 1. The molecule has 1 saturated carbocycles. The topological polar surface area (TPSA) is 66.8 Å². The summed E-state index contributed by atoms with van der Waals surface area (Å²) >= 11 is 0. The number of hydrogen-bond donors (Lipinski definition) is 1. The van der Waals surface area contributed by atoms with E-state index < -0.39 is 9.84 Å². The smallest absolute Gasteiger partial charge is 0.178 e. The molecule has 2 aliphatic rings. The average molecular weight is 428 g/mol. The summed E-state index contributed by atoms with van der Waals surface area (Å²) in [5.41, 5.74) is 4.08. The number of aliphatic hydroxyl groups excluding tert-OH is 1. The van der Waals surface area contributed by atoms with E-state index in [0.717, 1.165) is 48.9 Å². The number of aliphatic hydroxyl groups is 1. The maximum Gasteiger partial charge on any atom is 0.178 e. The highest BCUT2D eigenvalue weighted by Gasteiger charge is 2.25. The Balaban J connectivity index is 1.80. The van der Waals surface area contributed by atoms with Crippen LogP contribution in [0.5, 0.6) is 5.75 Å². The Morgan fingerprint density at radius 3 is 2.53 bits per heavy atom. The predicted molar refractivity (Wildman–Crippen MR) is 118 cm³/mol. The fraction of sp³-hybridized carbons (Fsp3) is 0.417. The molecule has 0 bridgehead atoms. The van der Waals surface area contributed by atoms with Crippen molar-refractivity contribution in [1.29, 1.82) is 0 Å². The largest absolute Gasteiger partial charge is 0.490 e. The molecule has 2 aromatic rings. The summed E-state index contributed by atoms with van der Waals surface area (Å²) in [5.74, 6) is 0.755. The van der Waals surface area contributed by atoms with E-state index in [1.54, 1.807) is 25.1 Å². The van der Waals surface area contributed by atoms with Crippen LogP contribution >= 0.6 is 0 Å². The van der Waals surface area contributed by atoms with E-state index in [1.807, 2.05) is 19.2 Å². The van der Waals surface area contributed by atoms with Crippen LogP contribution in [0.3, 0.4) is 0 Å². The zero-order chi connectivity index (χ0) is 21.3. The van der Waals surface area contributed by atoms with Gasteiger partial charge in [-0.25, -0.2) is 8.42 Å². The lowest BCUT2D eigenvalue weighted by Gasteiger charge is -2.30. The van der Waals surface area contributed by atoms with Crippen LogP contribution < -0.4 is 4.74 Å². The van der Waals surface area contributed by atoms with Gasteiger partial charge < -0.3 is 14.7 Å². The predicted octanol–water partition coefficient (Wildman–Crippen LogP) is 4.00. The molecule has 0 saturated heterocycles. The Kier molecular flexibility index (Phi) is 5.89. The average Bonchev–Trinajstić information content (AvgIpc) is 2.75. The molecular formula is C24H29NO4S. The molecule has 1 heterocycles. The molecule has 6 heteroatoms. The normalized spacial score (nSPS) is 21.7. The third-order valence-electron chi connectivity index (χ3n) is 5.99. The van der Waals surface area contributed by atoms with Gasteiger partial charge in [0.1, 0.15) is 5.75 Å². The van der Waals surface area contributed by atoms with Crippen LogP contribution in [0.25, 0.3) is 5.57 Å². The summed E-state index contributed by atoms with van der Waals surface area (Å²) in [6.45, 7) is 2.47. The Bertz CT molecular complexity index is 1050.